The molecule has 0 aromatic heterocycles. The van der Waals surface area contributed by atoms with Gasteiger partial charge in [0.25, 0.3) is 0 Å². The Morgan fingerprint density at radius 3 is 2.47 bits per heavy atom. The molecule has 0 saturated carbocycles. The molecule has 0 aliphatic rings. The van der Waals surface area contributed by atoms with Crippen LogP contribution in [0.25, 0.3) is 0 Å². The van der Waals surface area contributed by atoms with Crippen molar-refractivity contribution in [1.82, 2.24) is 5.32 Å². The standard InChI is InChI=1S/C14H21N/c1-12(2)11-14(15-3)10-9-13-7-5-4-6-8-13/h4-8,11,14-15H,9-10H2,1-3H3. The van der Waals surface area contributed by atoms with Crippen LogP contribution in [-0.4, -0.2) is 13.1 Å². The number of nitrogens with one attached hydrogen (secondary N) is 1. The van der Waals surface area contributed by atoms with Gasteiger partial charge in [-0.3, -0.25) is 0 Å². The van der Waals surface area contributed by atoms with Crippen molar-refractivity contribution in [3.8, 4) is 0 Å². The molecule has 1 unspecified atom stereocenters. The second-order valence-corrected chi connectivity index (χ2v) is 4.16. The number of aryl methyl sites for hydroxylation is 1. The van der Waals surface area contributed by atoms with E-state index >= 15 is 0 Å². The lowest BCUT2D eigenvalue weighted by molar-refractivity contribution is 0.611. The molecule has 0 radical (unpaired) electrons. The van der Waals surface area contributed by atoms with Crippen molar-refractivity contribution >= 4 is 0 Å². The van der Waals surface area contributed by atoms with Crippen LogP contribution in [0.4, 0.5) is 0 Å². The summed E-state index contributed by atoms with van der Waals surface area (Å²) in [6, 6.07) is 11.1. The average molecular weight is 203 g/mol. The minimum absolute atomic E-state index is 0.496. The van der Waals surface area contributed by atoms with E-state index in [1.807, 2.05) is 7.05 Å². The van der Waals surface area contributed by atoms with E-state index in [4.69, 9.17) is 0 Å². The predicted octanol–water partition coefficient (Wildman–Crippen LogP) is 3.17. The van der Waals surface area contributed by atoms with Crippen LogP contribution in [0.5, 0.6) is 0 Å². The van der Waals surface area contributed by atoms with Gasteiger partial charge in [-0.2, -0.15) is 0 Å². The smallest absolute Gasteiger partial charge is 0.0252 e. The topological polar surface area (TPSA) is 12.0 Å². The molecular weight excluding hydrogens is 182 g/mol. The molecule has 1 aromatic rings. The van der Waals surface area contributed by atoms with Gasteiger partial charge in [0.1, 0.15) is 0 Å². The zero-order valence-electron chi connectivity index (χ0n) is 9.96. The first-order valence-corrected chi connectivity index (χ1v) is 5.58. The Bertz CT molecular complexity index is 296. The summed E-state index contributed by atoms with van der Waals surface area (Å²) in [6.45, 7) is 4.29. The largest absolute Gasteiger partial charge is 0.314 e. The molecule has 82 valence electrons. The number of likely N-dealkylation sites (N-methyl/N-ethyl adjacent to an activating group) is 1. The molecule has 1 N–H and O–H groups in total. The highest BCUT2D eigenvalue weighted by molar-refractivity contribution is 5.15. The minimum atomic E-state index is 0.496. The number of rotatable bonds is 5. The molecule has 0 aliphatic carbocycles. The van der Waals surface area contributed by atoms with Crippen molar-refractivity contribution in [3.05, 3.63) is 47.5 Å². The van der Waals surface area contributed by atoms with Crippen molar-refractivity contribution < 1.29 is 0 Å². The average Bonchev–Trinajstić information content (AvgIpc) is 2.25. The van der Waals surface area contributed by atoms with Gasteiger partial charge in [-0.1, -0.05) is 42.0 Å². The summed E-state index contributed by atoms with van der Waals surface area (Å²) in [7, 11) is 2.02. The van der Waals surface area contributed by atoms with Gasteiger partial charge in [0, 0.05) is 6.04 Å². The van der Waals surface area contributed by atoms with E-state index in [9.17, 15) is 0 Å². The van der Waals surface area contributed by atoms with Crippen LogP contribution in [0.1, 0.15) is 25.8 Å². The monoisotopic (exact) mass is 203 g/mol. The van der Waals surface area contributed by atoms with E-state index < -0.39 is 0 Å². The van der Waals surface area contributed by atoms with E-state index in [0.717, 1.165) is 12.8 Å². The van der Waals surface area contributed by atoms with Gasteiger partial charge in [0.2, 0.25) is 0 Å². The van der Waals surface area contributed by atoms with Crippen LogP contribution in [0.3, 0.4) is 0 Å². The lowest BCUT2D eigenvalue weighted by Crippen LogP contribution is -2.23. The normalized spacial score (nSPS) is 12.2. The second kappa shape index (κ2) is 6.41. The third-order valence-electron chi connectivity index (χ3n) is 2.49. The van der Waals surface area contributed by atoms with Crippen molar-refractivity contribution in [2.75, 3.05) is 7.05 Å². The Kier molecular flexibility index (Phi) is 5.13. The second-order valence-electron chi connectivity index (χ2n) is 4.16. The number of allylic oxidation sites excluding steroid dienone is 1. The molecule has 1 atom stereocenters. The number of hydrogen-bond acceptors (Lipinski definition) is 1. The Morgan fingerprint density at radius 2 is 1.93 bits per heavy atom. The lowest BCUT2D eigenvalue weighted by Gasteiger charge is -2.12. The van der Waals surface area contributed by atoms with Crippen molar-refractivity contribution in [3.63, 3.8) is 0 Å². The van der Waals surface area contributed by atoms with E-state index in [1.54, 1.807) is 0 Å². The summed E-state index contributed by atoms with van der Waals surface area (Å²) in [6.07, 6.45) is 4.59. The fraction of sp³-hybridized carbons (Fsp3) is 0.429. The summed E-state index contributed by atoms with van der Waals surface area (Å²) < 4.78 is 0. The molecule has 1 rings (SSSR count). The zero-order chi connectivity index (χ0) is 11.1. The van der Waals surface area contributed by atoms with Crippen LogP contribution in [-0.2, 0) is 6.42 Å². The summed E-state index contributed by atoms with van der Waals surface area (Å²) >= 11 is 0. The molecule has 0 bridgehead atoms. The first kappa shape index (κ1) is 12.0. The molecule has 1 nitrogen and oxygen atoms in total. The highest BCUT2D eigenvalue weighted by Gasteiger charge is 2.02. The fourth-order valence-corrected chi connectivity index (χ4v) is 1.68. The van der Waals surface area contributed by atoms with Crippen LogP contribution in [0.15, 0.2) is 42.0 Å². The molecule has 0 aliphatic heterocycles. The molecular formula is C14H21N. The van der Waals surface area contributed by atoms with Crippen LogP contribution >= 0.6 is 0 Å². The molecule has 0 spiro atoms. The van der Waals surface area contributed by atoms with Gasteiger partial charge in [-0.15, -0.1) is 0 Å². The predicted molar refractivity (Wildman–Crippen MR) is 67.0 cm³/mol. The third kappa shape index (κ3) is 4.80. The van der Waals surface area contributed by atoms with Crippen molar-refractivity contribution in [2.45, 2.75) is 32.7 Å². The fourth-order valence-electron chi connectivity index (χ4n) is 1.68. The van der Waals surface area contributed by atoms with E-state index in [-0.39, 0.29) is 0 Å². The van der Waals surface area contributed by atoms with Gasteiger partial charge in [-0.25, -0.2) is 0 Å². The van der Waals surface area contributed by atoms with Crippen LogP contribution in [0.2, 0.25) is 0 Å². The number of benzene rings is 1. The Balaban J connectivity index is 2.45. The Hall–Kier alpha value is -1.08. The highest BCUT2D eigenvalue weighted by atomic mass is 14.9. The molecule has 0 heterocycles. The number of hydrogen-bond donors (Lipinski definition) is 1. The summed E-state index contributed by atoms with van der Waals surface area (Å²) in [5.41, 5.74) is 2.79. The van der Waals surface area contributed by atoms with Gasteiger partial charge in [0.15, 0.2) is 0 Å². The molecule has 0 fully saturated rings. The molecule has 1 aromatic carbocycles. The lowest BCUT2D eigenvalue weighted by atomic mass is 10.0. The van der Waals surface area contributed by atoms with Crippen molar-refractivity contribution in [1.29, 1.82) is 0 Å². The zero-order valence-corrected chi connectivity index (χ0v) is 9.96. The summed E-state index contributed by atoms with van der Waals surface area (Å²) in [4.78, 5) is 0. The maximum absolute atomic E-state index is 3.33. The molecule has 0 amide bonds. The first-order chi connectivity index (χ1) is 7.22. The van der Waals surface area contributed by atoms with Gasteiger partial charge in [-0.05, 0) is 39.3 Å². The molecule has 15 heavy (non-hydrogen) atoms. The molecule has 0 saturated heterocycles. The molecule has 1 heteroatoms. The van der Waals surface area contributed by atoms with E-state index in [0.29, 0.717) is 6.04 Å². The summed E-state index contributed by atoms with van der Waals surface area (Å²) in [5.74, 6) is 0. The van der Waals surface area contributed by atoms with E-state index in [2.05, 4.69) is 55.6 Å². The highest BCUT2D eigenvalue weighted by Crippen LogP contribution is 2.06. The van der Waals surface area contributed by atoms with Crippen molar-refractivity contribution in [2.24, 2.45) is 0 Å². The maximum atomic E-state index is 3.33. The Labute approximate surface area is 93.2 Å². The van der Waals surface area contributed by atoms with Crippen LogP contribution < -0.4 is 5.32 Å². The quantitative estimate of drug-likeness (QED) is 0.725. The SMILES string of the molecule is CNC(C=C(C)C)CCc1ccccc1. The first-order valence-electron chi connectivity index (χ1n) is 5.58. The van der Waals surface area contributed by atoms with Gasteiger partial charge < -0.3 is 5.32 Å². The van der Waals surface area contributed by atoms with E-state index in [1.165, 1.54) is 11.1 Å². The van der Waals surface area contributed by atoms with Crippen LogP contribution in [0, 0.1) is 0 Å². The summed E-state index contributed by atoms with van der Waals surface area (Å²) in [5, 5.41) is 3.33. The van der Waals surface area contributed by atoms with Gasteiger partial charge >= 0.3 is 0 Å². The minimum Gasteiger partial charge on any atom is -0.314 e. The Morgan fingerprint density at radius 1 is 1.27 bits per heavy atom. The van der Waals surface area contributed by atoms with Gasteiger partial charge in [0.05, 0.1) is 0 Å². The maximum Gasteiger partial charge on any atom is 0.0252 e. The third-order valence-corrected chi connectivity index (χ3v) is 2.49.